The first-order chi connectivity index (χ1) is 22.7. The fraction of sp³-hybridized carbons (Fsp3) is 0.424. The summed E-state index contributed by atoms with van der Waals surface area (Å²) in [7, 11) is 1.66. The van der Waals surface area contributed by atoms with Crippen molar-refractivity contribution in [3.05, 3.63) is 60.7 Å². The van der Waals surface area contributed by atoms with Crippen LogP contribution in [0.25, 0.3) is 11.1 Å². The molecule has 4 heterocycles. The molecule has 3 saturated heterocycles. The van der Waals surface area contributed by atoms with E-state index in [1.807, 2.05) is 17.0 Å². The average Bonchev–Trinajstić information content (AvgIpc) is 3.47. The number of carbonyl (C=O) groups is 3. The molecular formula is C33H39FN8O5. The normalized spacial score (nSPS) is 20.7. The number of hydrazine groups is 1. The molecule has 2 amide bonds. The monoisotopic (exact) mass is 646 g/mol. The number of Topliss-reactive ketones (excluding diaryl/α,β-unsaturated/α-hetero) is 1. The number of rotatable bonds is 10. The van der Waals surface area contributed by atoms with Crippen molar-refractivity contribution in [2.75, 3.05) is 74.2 Å². The number of nitrogens with two attached hydrogens (primary N) is 1. The Morgan fingerprint density at radius 2 is 1.64 bits per heavy atom. The number of piperazine rings is 2. The van der Waals surface area contributed by atoms with Gasteiger partial charge in [-0.3, -0.25) is 14.5 Å². The third-order valence-electron chi connectivity index (χ3n) is 8.98. The molecule has 6 rings (SSSR count). The van der Waals surface area contributed by atoms with Gasteiger partial charge in [0.05, 0.1) is 19.3 Å². The highest BCUT2D eigenvalue weighted by Crippen LogP contribution is 2.30. The van der Waals surface area contributed by atoms with Crippen LogP contribution in [0.15, 0.2) is 54.9 Å². The largest absolute Gasteiger partial charge is 0.497 e. The lowest BCUT2D eigenvalue weighted by Gasteiger charge is -2.47. The molecule has 47 heavy (non-hydrogen) atoms. The van der Waals surface area contributed by atoms with Crippen LogP contribution in [0, 0.1) is 5.82 Å². The standard InChI is InChI=1S/C33H39FN8O5/c1-22(43)30-21-40(39-13-11-38(12-14-39)24-3-6-26(46-2)7-4-24)15-16-41(30)32-36-18-23(19-37-32)28-9-5-25(17-29(28)34)42-20-27(47-33(42)45)8-10-31(35)44/h3-7,9,17-19,27,30H,8,10-16,20-21H2,1-2H3,(H2,35,44). The van der Waals surface area contributed by atoms with E-state index in [1.165, 1.54) is 11.0 Å². The van der Waals surface area contributed by atoms with Gasteiger partial charge in [-0.2, -0.15) is 0 Å². The second-order valence-electron chi connectivity index (χ2n) is 11.9. The maximum atomic E-state index is 15.3. The van der Waals surface area contributed by atoms with Gasteiger partial charge in [0.1, 0.15) is 23.7 Å². The van der Waals surface area contributed by atoms with Crippen LogP contribution in [-0.2, 0) is 14.3 Å². The number of amides is 2. The van der Waals surface area contributed by atoms with Crippen LogP contribution >= 0.6 is 0 Å². The van der Waals surface area contributed by atoms with Gasteiger partial charge >= 0.3 is 6.09 Å². The Morgan fingerprint density at radius 3 is 2.28 bits per heavy atom. The minimum atomic E-state index is -0.602. The van der Waals surface area contributed by atoms with Crippen LogP contribution in [0.5, 0.6) is 5.75 Å². The second-order valence-corrected chi connectivity index (χ2v) is 11.9. The van der Waals surface area contributed by atoms with E-state index in [1.54, 1.807) is 38.6 Å². The van der Waals surface area contributed by atoms with Gasteiger partial charge in [-0.1, -0.05) is 0 Å². The molecule has 2 atom stereocenters. The molecule has 14 heteroatoms. The van der Waals surface area contributed by atoms with E-state index in [9.17, 15) is 14.4 Å². The summed E-state index contributed by atoms with van der Waals surface area (Å²) in [4.78, 5) is 50.9. The molecule has 3 fully saturated rings. The molecule has 2 aromatic carbocycles. The number of primary amides is 1. The molecule has 0 bridgehead atoms. The Bertz CT molecular complexity index is 1600. The zero-order valence-corrected chi connectivity index (χ0v) is 26.5. The van der Waals surface area contributed by atoms with E-state index < -0.39 is 30.0 Å². The SMILES string of the molecule is COc1ccc(N2CCN(N3CCN(c4ncc(-c5ccc(N6CC(CCC(N)=O)OC6=O)cc5F)cn4)C(C(C)=O)C3)CC2)cc1. The minimum Gasteiger partial charge on any atom is -0.497 e. The summed E-state index contributed by atoms with van der Waals surface area (Å²) < 4.78 is 25.9. The van der Waals surface area contributed by atoms with Crippen LogP contribution in [0.3, 0.4) is 0 Å². The first-order valence-corrected chi connectivity index (χ1v) is 15.7. The van der Waals surface area contributed by atoms with Gasteiger partial charge in [0.25, 0.3) is 0 Å². The highest BCUT2D eigenvalue weighted by Gasteiger charge is 2.36. The fourth-order valence-corrected chi connectivity index (χ4v) is 6.34. The maximum absolute atomic E-state index is 15.3. The van der Waals surface area contributed by atoms with E-state index in [-0.39, 0.29) is 24.3 Å². The summed E-state index contributed by atoms with van der Waals surface area (Å²) >= 11 is 0. The summed E-state index contributed by atoms with van der Waals surface area (Å²) in [5.74, 6) is 0.254. The number of nitrogens with zero attached hydrogens (tertiary/aromatic N) is 7. The van der Waals surface area contributed by atoms with Crippen molar-refractivity contribution in [2.24, 2.45) is 5.73 Å². The number of hydrogen-bond acceptors (Lipinski definition) is 11. The molecule has 13 nitrogen and oxygen atoms in total. The molecule has 0 spiro atoms. The number of halogens is 1. The van der Waals surface area contributed by atoms with Crippen molar-refractivity contribution < 1.29 is 28.2 Å². The average molecular weight is 647 g/mol. The summed E-state index contributed by atoms with van der Waals surface area (Å²) in [6, 6.07) is 12.1. The molecule has 0 saturated carbocycles. The van der Waals surface area contributed by atoms with Gasteiger partial charge in [0.15, 0.2) is 5.78 Å². The Balaban J connectivity index is 1.07. The number of methoxy groups -OCH3 is 1. The van der Waals surface area contributed by atoms with Gasteiger partial charge in [0.2, 0.25) is 11.9 Å². The Hall–Kier alpha value is -4.82. The second kappa shape index (κ2) is 13.9. The quantitative estimate of drug-likeness (QED) is 0.348. The first-order valence-electron chi connectivity index (χ1n) is 15.7. The molecule has 2 unspecified atom stereocenters. The number of carbonyl (C=O) groups excluding carboxylic acids is 3. The van der Waals surface area contributed by atoms with Gasteiger partial charge in [-0.15, -0.1) is 0 Å². The summed E-state index contributed by atoms with van der Waals surface area (Å²) in [5, 5.41) is 4.59. The fourth-order valence-electron chi connectivity index (χ4n) is 6.34. The molecular weight excluding hydrogens is 607 g/mol. The summed E-state index contributed by atoms with van der Waals surface area (Å²) in [5.41, 5.74) is 7.45. The topological polar surface area (TPSA) is 138 Å². The molecule has 3 aromatic rings. The highest BCUT2D eigenvalue weighted by molar-refractivity contribution is 5.90. The van der Waals surface area contributed by atoms with Gasteiger partial charge in [-0.05, 0) is 55.8 Å². The zero-order valence-electron chi connectivity index (χ0n) is 26.5. The highest BCUT2D eigenvalue weighted by atomic mass is 19.1. The number of ketones is 1. The van der Waals surface area contributed by atoms with Crippen LogP contribution in [0.2, 0.25) is 0 Å². The van der Waals surface area contributed by atoms with E-state index in [0.29, 0.717) is 36.7 Å². The zero-order chi connectivity index (χ0) is 33.1. The molecule has 3 aliphatic heterocycles. The van der Waals surface area contributed by atoms with Gasteiger partial charge < -0.3 is 25.0 Å². The Labute approximate surface area is 272 Å². The van der Waals surface area contributed by atoms with E-state index in [0.717, 1.165) is 44.2 Å². The van der Waals surface area contributed by atoms with Crippen molar-refractivity contribution in [2.45, 2.75) is 31.9 Å². The van der Waals surface area contributed by atoms with Crippen LogP contribution in [0.4, 0.5) is 26.5 Å². The third kappa shape index (κ3) is 7.13. The van der Waals surface area contributed by atoms with E-state index in [4.69, 9.17) is 15.2 Å². The molecule has 3 aliphatic rings. The maximum Gasteiger partial charge on any atom is 0.414 e. The number of ether oxygens (including phenoxy) is 2. The first kappa shape index (κ1) is 32.1. The predicted molar refractivity (Wildman–Crippen MR) is 174 cm³/mol. The van der Waals surface area contributed by atoms with Crippen LogP contribution in [-0.4, -0.2) is 109 Å². The minimum absolute atomic E-state index is 0.0261. The van der Waals surface area contributed by atoms with Crippen LogP contribution < -0.4 is 25.2 Å². The molecule has 248 valence electrons. The molecule has 2 N–H and O–H groups in total. The van der Waals surface area contributed by atoms with Gasteiger partial charge in [0, 0.05) is 81.4 Å². The van der Waals surface area contributed by atoms with Crippen molar-refractivity contribution in [1.29, 1.82) is 0 Å². The smallest absolute Gasteiger partial charge is 0.414 e. The number of cyclic esters (lactones) is 1. The molecule has 0 radical (unpaired) electrons. The lowest BCUT2D eigenvalue weighted by molar-refractivity contribution is -0.122. The molecule has 0 aliphatic carbocycles. The lowest BCUT2D eigenvalue weighted by atomic mass is 10.1. The summed E-state index contributed by atoms with van der Waals surface area (Å²) in [6.45, 7) is 7.05. The van der Waals surface area contributed by atoms with Crippen molar-refractivity contribution in [3.8, 4) is 16.9 Å². The van der Waals surface area contributed by atoms with Crippen molar-refractivity contribution in [1.82, 2.24) is 20.0 Å². The van der Waals surface area contributed by atoms with E-state index >= 15 is 4.39 Å². The summed E-state index contributed by atoms with van der Waals surface area (Å²) in [6.07, 6.45) is 2.41. The Morgan fingerprint density at radius 1 is 0.957 bits per heavy atom. The van der Waals surface area contributed by atoms with Crippen LogP contribution in [0.1, 0.15) is 19.8 Å². The lowest BCUT2D eigenvalue weighted by Crippen LogP contribution is -2.63. The van der Waals surface area contributed by atoms with E-state index in [2.05, 4.69) is 37.0 Å². The predicted octanol–water partition coefficient (Wildman–Crippen LogP) is 2.70. The number of anilines is 3. The van der Waals surface area contributed by atoms with Crippen molar-refractivity contribution >= 4 is 35.1 Å². The third-order valence-corrected chi connectivity index (χ3v) is 8.98. The number of benzene rings is 2. The number of hydrogen-bond donors (Lipinski definition) is 1. The van der Waals surface area contributed by atoms with Crippen molar-refractivity contribution in [3.63, 3.8) is 0 Å². The Kier molecular flexibility index (Phi) is 9.50. The number of aromatic nitrogens is 2. The molecule has 1 aromatic heterocycles. The van der Waals surface area contributed by atoms with Gasteiger partial charge in [-0.25, -0.2) is 29.2 Å².